The van der Waals surface area contributed by atoms with Crippen LogP contribution in [0.4, 0.5) is 5.69 Å². The molecule has 1 amide bonds. The SMILES string of the molecule is Cc1c(C(=O)NC2CCCNC2C)cccc1[N+](=O)[O-].Cl. The summed E-state index contributed by atoms with van der Waals surface area (Å²) in [7, 11) is 0. The van der Waals surface area contributed by atoms with Gasteiger partial charge in [-0.15, -0.1) is 12.4 Å². The third kappa shape index (κ3) is 3.92. The molecule has 1 aromatic carbocycles. The molecule has 0 aromatic heterocycles. The predicted molar refractivity (Wildman–Crippen MR) is 83.0 cm³/mol. The number of carbonyl (C=O) groups excluding carboxylic acids is 1. The maximum atomic E-state index is 12.3. The van der Waals surface area contributed by atoms with Crippen LogP contribution in [0, 0.1) is 17.0 Å². The third-order valence-corrected chi connectivity index (χ3v) is 3.82. The third-order valence-electron chi connectivity index (χ3n) is 3.82. The smallest absolute Gasteiger partial charge is 0.273 e. The Bertz CT molecular complexity index is 536. The van der Waals surface area contributed by atoms with Crippen molar-refractivity contribution >= 4 is 24.0 Å². The van der Waals surface area contributed by atoms with Gasteiger partial charge in [0.05, 0.1) is 4.92 Å². The summed E-state index contributed by atoms with van der Waals surface area (Å²) in [6.07, 6.45) is 1.94. The van der Waals surface area contributed by atoms with Crippen molar-refractivity contribution in [2.75, 3.05) is 6.54 Å². The first-order chi connectivity index (χ1) is 9.50. The standard InChI is InChI=1S/C14H19N3O3.ClH/c1-9-11(5-3-7-13(9)17(19)20)14(18)16-12-6-4-8-15-10(12)2;/h3,5,7,10,12,15H,4,6,8H2,1-2H3,(H,16,18);1H. The van der Waals surface area contributed by atoms with Crippen molar-refractivity contribution in [1.29, 1.82) is 0 Å². The second kappa shape index (κ2) is 7.38. The van der Waals surface area contributed by atoms with Crippen molar-refractivity contribution in [2.24, 2.45) is 0 Å². The lowest BCUT2D eigenvalue weighted by Crippen LogP contribution is -2.52. The van der Waals surface area contributed by atoms with Gasteiger partial charge in [0.1, 0.15) is 0 Å². The van der Waals surface area contributed by atoms with Crippen molar-refractivity contribution in [3.05, 3.63) is 39.4 Å². The van der Waals surface area contributed by atoms with Crippen LogP contribution >= 0.6 is 12.4 Å². The average Bonchev–Trinajstić information content (AvgIpc) is 2.41. The quantitative estimate of drug-likeness (QED) is 0.662. The molecule has 21 heavy (non-hydrogen) atoms. The zero-order valence-electron chi connectivity index (χ0n) is 12.1. The number of piperidine rings is 1. The maximum absolute atomic E-state index is 12.3. The Morgan fingerprint density at radius 1 is 1.48 bits per heavy atom. The Balaban J connectivity index is 0.00000220. The van der Waals surface area contributed by atoms with E-state index < -0.39 is 4.92 Å². The van der Waals surface area contributed by atoms with Gasteiger partial charge in [-0.25, -0.2) is 0 Å². The van der Waals surface area contributed by atoms with Gasteiger partial charge in [-0.3, -0.25) is 14.9 Å². The highest BCUT2D eigenvalue weighted by Gasteiger charge is 2.24. The summed E-state index contributed by atoms with van der Waals surface area (Å²) in [6, 6.07) is 4.86. The van der Waals surface area contributed by atoms with E-state index in [0.717, 1.165) is 19.4 Å². The van der Waals surface area contributed by atoms with Gasteiger partial charge in [0.15, 0.2) is 0 Å². The molecule has 1 aliphatic rings. The molecule has 0 radical (unpaired) electrons. The molecule has 2 N–H and O–H groups in total. The lowest BCUT2D eigenvalue weighted by molar-refractivity contribution is -0.385. The molecule has 0 bridgehead atoms. The van der Waals surface area contributed by atoms with Crippen LogP contribution in [0.3, 0.4) is 0 Å². The molecule has 6 nitrogen and oxygen atoms in total. The minimum Gasteiger partial charge on any atom is -0.348 e. The van der Waals surface area contributed by atoms with Gasteiger partial charge in [-0.05, 0) is 39.3 Å². The molecule has 1 heterocycles. The zero-order valence-corrected chi connectivity index (χ0v) is 12.9. The Labute approximate surface area is 129 Å². The van der Waals surface area contributed by atoms with Crippen LogP contribution in [-0.4, -0.2) is 29.5 Å². The molecular weight excluding hydrogens is 294 g/mol. The van der Waals surface area contributed by atoms with Crippen LogP contribution in [0.1, 0.15) is 35.7 Å². The number of hydrogen-bond donors (Lipinski definition) is 2. The number of benzene rings is 1. The van der Waals surface area contributed by atoms with Gasteiger partial charge in [-0.2, -0.15) is 0 Å². The largest absolute Gasteiger partial charge is 0.348 e. The molecule has 1 fully saturated rings. The van der Waals surface area contributed by atoms with E-state index in [-0.39, 0.29) is 36.1 Å². The molecule has 0 saturated carbocycles. The van der Waals surface area contributed by atoms with Crippen molar-refractivity contribution in [1.82, 2.24) is 10.6 Å². The summed E-state index contributed by atoms with van der Waals surface area (Å²) < 4.78 is 0. The summed E-state index contributed by atoms with van der Waals surface area (Å²) in [5, 5.41) is 17.2. The first kappa shape index (κ1) is 17.4. The average molecular weight is 314 g/mol. The fraction of sp³-hybridized carbons (Fsp3) is 0.500. The molecule has 2 rings (SSSR count). The van der Waals surface area contributed by atoms with E-state index in [4.69, 9.17) is 0 Å². The van der Waals surface area contributed by atoms with Crippen LogP contribution in [0.2, 0.25) is 0 Å². The Morgan fingerprint density at radius 2 is 2.19 bits per heavy atom. The predicted octanol–water partition coefficient (Wildman–Crippen LogP) is 2.20. The number of nitro benzene ring substituents is 1. The van der Waals surface area contributed by atoms with E-state index in [1.807, 2.05) is 6.92 Å². The van der Waals surface area contributed by atoms with Crippen LogP contribution in [0.25, 0.3) is 0 Å². The summed E-state index contributed by atoms with van der Waals surface area (Å²) in [5.74, 6) is -0.244. The van der Waals surface area contributed by atoms with Crippen molar-refractivity contribution in [2.45, 2.75) is 38.8 Å². The second-order valence-corrected chi connectivity index (χ2v) is 5.17. The van der Waals surface area contributed by atoms with Crippen LogP contribution in [-0.2, 0) is 0 Å². The van der Waals surface area contributed by atoms with Gasteiger partial charge in [0.25, 0.3) is 11.6 Å². The molecule has 1 aromatic rings. The molecule has 0 aliphatic carbocycles. The second-order valence-electron chi connectivity index (χ2n) is 5.17. The van der Waals surface area contributed by atoms with Crippen molar-refractivity contribution in [3.8, 4) is 0 Å². The normalized spacial score (nSPS) is 21.2. The van der Waals surface area contributed by atoms with Crippen LogP contribution in [0.15, 0.2) is 18.2 Å². The summed E-state index contributed by atoms with van der Waals surface area (Å²) in [4.78, 5) is 22.7. The van der Waals surface area contributed by atoms with Crippen LogP contribution < -0.4 is 10.6 Å². The lowest BCUT2D eigenvalue weighted by Gasteiger charge is -2.30. The number of amides is 1. The molecular formula is C14H20ClN3O3. The molecule has 7 heteroatoms. The summed E-state index contributed by atoms with van der Waals surface area (Å²) in [5.41, 5.74) is 0.760. The lowest BCUT2D eigenvalue weighted by atomic mass is 9.98. The van der Waals surface area contributed by atoms with E-state index in [9.17, 15) is 14.9 Å². The maximum Gasteiger partial charge on any atom is 0.273 e. The van der Waals surface area contributed by atoms with E-state index in [1.54, 1.807) is 19.1 Å². The molecule has 1 aliphatic heterocycles. The van der Waals surface area contributed by atoms with Gasteiger partial charge < -0.3 is 10.6 Å². The highest BCUT2D eigenvalue weighted by atomic mass is 35.5. The number of nitrogens with zero attached hydrogens (tertiary/aromatic N) is 1. The minimum atomic E-state index is -0.461. The van der Waals surface area contributed by atoms with E-state index in [0.29, 0.717) is 11.1 Å². The Morgan fingerprint density at radius 3 is 2.81 bits per heavy atom. The summed E-state index contributed by atoms with van der Waals surface area (Å²) >= 11 is 0. The van der Waals surface area contributed by atoms with Crippen LogP contribution in [0.5, 0.6) is 0 Å². The molecule has 116 valence electrons. The molecule has 2 atom stereocenters. The van der Waals surface area contributed by atoms with E-state index in [2.05, 4.69) is 10.6 Å². The topological polar surface area (TPSA) is 84.3 Å². The monoisotopic (exact) mass is 313 g/mol. The van der Waals surface area contributed by atoms with Crippen molar-refractivity contribution in [3.63, 3.8) is 0 Å². The molecule has 2 unspecified atom stereocenters. The summed E-state index contributed by atoms with van der Waals surface area (Å²) in [6.45, 7) is 4.60. The van der Waals surface area contributed by atoms with Gasteiger partial charge in [0, 0.05) is 29.3 Å². The van der Waals surface area contributed by atoms with Gasteiger partial charge >= 0.3 is 0 Å². The number of nitrogens with one attached hydrogen (secondary N) is 2. The number of carbonyl (C=O) groups is 1. The number of rotatable bonds is 3. The number of halogens is 1. The zero-order chi connectivity index (χ0) is 14.7. The molecule has 1 saturated heterocycles. The van der Waals surface area contributed by atoms with E-state index >= 15 is 0 Å². The number of nitro groups is 1. The first-order valence-electron chi connectivity index (χ1n) is 6.79. The van der Waals surface area contributed by atoms with Gasteiger partial charge in [0.2, 0.25) is 0 Å². The van der Waals surface area contributed by atoms with Crippen molar-refractivity contribution < 1.29 is 9.72 Å². The first-order valence-corrected chi connectivity index (χ1v) is 6.79. The van der Waals surface area contributed by atoms with E-state index in [1.165, 1.54) is 6.07 Å². The Hall–Kier alpha value is -1.66. The minimum absolute atomic E-state index is 0. The highest BCUT2D eigenvalue weighted by Crippen LogP contribution is 2.21. The highest BCUT2D eigenvalue weighted by molar-refractivity contribution is 5.96. The fourth-order valence-corrected chi connectivity index (χ4v) is 2.55. The molecule has 0 spiro atoms. The fourth-order valence-electron chi connectivity index (χ4n) is 2.55. The number of hydrogen-bond acceptors (Lipinski definition) is 4. The van der Waals surface area contributed by atoms with Gasteiger partial charge in [-0.1, -0.05) is 6.07 Å². The Kier molecular flexibility index (Phi) is 6.11.